The molecule has 1 aromatic rings. The highest BCUT2D eigenvalue weighted by molar-refractivity contribution is 5.04. The Morgan fingerprint density at radius 3 is 2.36 bits per heavy atom. The third-order valence-corrected chi connectivity index (χ3v) is 2.97. The predicted octanol–water partition coefficient (Wildman–Crippen LogP) is 1.89. The molecule has 1 aliphatic carbocycles. The lowest BCUT2D eigenvalue weighted by molar-refractivity contribution is 0.328. The van der Waals surface area contributed by atoms with E-state index in [2.05, 4.69) is 10.1 Å². The van der Waals surface area contributed by atoms with Gasteiger partial charge in [0.05, 0.1) is 5.54 Å². The van der Waals surface area contributed by atoms with Gasteiger partial charge in [-0.1, -0.05) is 30.8 Å². The third-order valence-electron chi connectivity index (χ3n) is 2.97. The third kappa shape index (κ3) is 1.80. The van der Waals surface area contributed by atoms with E-state index in [1.165, 1.54) is 25.7 Å². The first-order valence-electron chi connectivity index (χ1n) is 5.30. The van der Waals surface area contributed by atoms with Gasteiger partial charge in [-0.2, -0.15) is 4.98 Å². The normalized spacial score (nSPS) is 21.9. The molecular formula is C10H17N3O. The van der Waals surface area contributed by atoms with Crippen molar-refractivity contribution in [3.05, 3.63) is 11.7 Å². The highest BCUT2D eigenvalue weighted by atomic mass is 16.5. The van der Waals surface area contributed by atoms with Gasteiger partial charge in [-0.3, -0.25) is 0 Å². The molecule has 1 aromatic heterocycles. The molecule has 4 heteroatoms. The highest BCUT2D eigenvalue weighted by Gasteiger charge is 2.32. The second-order valence-electron chi connectivity index (χ2n) is 4.21. The fraction of sp³-hybridized carbons (Fsp3) is 0.800. The Kier molecular flexibility index (Phi) is 2.54. The molecule has 2 N–H and O–H groups in total. The summed E-state index contributed by atoms with van der Waals surface area (Å²) in [6, 6.07) is 0. The summed E-state index contributed by atoms with van der Waals surface area (Å²) in [5.41, 5.74) is 5.97. The van der Waals surface area contributed by atoms with Gasteiger partial charge in [0.1, 0.15) is 0 Å². The van der Waals surface area contributed by atoms with E-state index in [1.54, 1.807) is 6.92 Å². The van der Waals surface area contributed by atoms with Crippen LogP contribution in [0.5, 0.6) is 0 Å². The number of rotatable bonds is 1. The summed E-state index contributed by atoms with van der Waals surface area (Å²) in [6.45, 7) is 1.80. The first-order valence-corrected chi connectivity index (χ1v) is 5.30. The van der Waals surface area contributed by atoms with E-state index >= 15 is 0 Å². The van der Waals surface area contributed by atoms with Crippen LogP contribution in [-0.4, -0.2) is 10.1 Å². The average Bonchev–Trinajstić information content (AvgIpc) is 2.47. The maximum absolute atomic E-state index is 6.31. The number of nitrogens with zero attached hydrogens (tertiary/aromatic N) is 2. The lowest BCUT2D eigenvalue weighted by Gasteiger charge is -2.23. The van der Waals surface area contributed by atoms with Crippen LogP contribution in [0.1, 0.15) is 50.2 Å². The lowest BCUT2D eigenvalue weighted by atomic mass is 9.91. The van der Waals surface area contributed by atoms with E-state index in [-0.39, 0.29) is 5.54 Å². The molecule has 14 heavy (non-hydrogen) atoms. The summed E-state index contributed by atoms with van der Waals surface area (Å²) in [4.78, 5) is 4.24. The Bertz CT molecular complexity index is 300. The average molecular weight is 195 g/mol. The Balaban J connectivity index is 2.20. The van der Waals surface area contributed by atoms with Crippen LogP contribution in [0.15, 0.2) is 4.52 Å². The van der Waals surface area contributed by atoms with Gasteiger partial charge in [0.15, 0.2) is 5.82 Å². The molecule has 2 rings (SSSR count). The van der Waals surface area contributed by atoms with E-state index in [9.17, 15) is 0 Å². The van der Waals surface area contributed by atoms with E-state index in [0.29, 0.717) is 11.7 Å². The molecule has 1 heterocycles. The Morgan fingerprint density at radius 2 is 1.86 bits per heavy atom. The molecule has 0 aliphatic heterocycles. The van der Waals surface area contributed by atoms with Gasteiger partial charge >= 0.3 is 0 Å². The van der Waals surface area contributed by atoms with Crippen molar-refractivity contribution in [2.24, 2.45) is 5.73 Å². The SMILES string of the molecule is Cc1nc(C2(N)CCCCCC2)no1. The summed E-state index contributed by atoms with van der Waals surface area (Å²) >= 11 is 0. The van der Waals surface area contributed by atoms with Crippen molar-refractivity contribution in [1.82, 2.24) is 10.1 Å². The zero-order chi connectivity index (χ0) is 10.0. The fourth-order valence-corrected chi connectivity index (χ4v) is 2.08. The molecule has 1 aliphatic rings. The van der Waals surface area contributed by atoms with Crippen LogP contribution in [0.3, 0.4) is 0 Å². The zero-order valence-electron chi connectivity index (χ0n) is 8.62. The largest absolute Gasteiger partial charge is 0.340 e. The molecule has 0 radical (unpaired) electrons. The quantitative estimate of drug-likeness (QED) is 0.695. The maximum Gasteiger partial charge on any atom is 0.223 e. The maximum atomic E-state index is 6.31. The van der Waals surface area contributed by atoms with Crippen LogP contribution < -0.4 is 5.73 Å². The number of hydrogen-bond acceptors (Lipinski definition) is 4. The minimum absolute atomic E-state index is 0.339. The van der Waals surface area contributed by atoms with Gasteiger partial charge in [-0.05, 0) is 12.8 Å². The van der Waals surface area contributed by atoms with Crippen LogP contribution in [0.4, 0.5) is 0 Å². The predicted molar refractivity (Wildman–Crippen MR) is 52.6 cm³/mol. The lowest BCUT2D eigenvalue weighted by Crippen LogP contribution is -2.37. The van der Waals surface area contributed by atoms with Crippen LogP contribution in [0, 0.1) is 6.92 Å². The van der Waals surface area contributed by atoms with E-state index in [4.69, 9.17) is 10.3 Å². The van der Waals surface area contributed by atoms with Gasteiger partial charge in [0.25, 0.3) is 0 Å². The van der Waals surface area contributed by atoms with E-state index in [1.807, 2.05) is 0 Å². The van der Waals surface area contributed by atoms with Crippen molar-refractivity contribution in [2.45, 2.75) is 51.0 Å². The Morgan fingerprint density at radius 1 is 1.21 bits per heavy atom. The van der Waals surface area contributed by atoms with Gasteiger partial charge in [0, 0.05) is 6.92 Å². The standard InChI is InChI=1S/C10H17N3O/c1-8-12-9(13-14-8)10(11)6-4-2-3-5-7-10/h2-7,11H2,1H3. The van der Waals surface area contributed by atoms with Gasteiger partial charge in [0.2, 0.25) is 5.89 Å². The van der Waals surface area contributed by atoms with Crippen LogP contribution in [0.25, 0.3) is 0 Å². The Hall–Kier alpha value is -0.900. The first kappa shape index (κ1) is 9.65. The summed E-state index contributed by atoms with van der Waals surface area (Å²) in [5, 5.41) is 3.94. The number of aryl methyl sites for hydroxylation is 1. The number of nitrogens with two attached hydrogens (primary N) is 1. The highest BCUT2D eigenvalue weighted by Crippen LogP contribution is 2.31. The smallest absolute Gasteiger partial charge is 0.223 e. The number of hydrogen-bond donors (Lipinski definition) is 1. The van der Waals surface area contributed by atoms with Crippen molar-refractivity contribution in [3.63, 3.8) is 0 Å². The number of aromatic nitrogens is 2. The molecule has 78 valence electrons. The second kappa shape index (κ2) is 3.69. The summed E-state index contributed by atoms with van der Waals surface area (Å²) in [6.07, 6.45) is 6.84. The molecule has 0 aromatic carbocycles. The molecule has 0 amide bonds. The zero-order valence-corrected chi connectivity index (χ0v) is 8.62. The first-order chi connectivity index (χ1) is 6.71. The molecule has 1 saturated carbocycles. The minimum Gasteiger partial charge on any atom is -0.340 e. The van der Waals surface area contributed by atoms with E-state index in [0.717, 1.165) is 12.8 Å². The monoisotopic (exact) mass is 195 g/mol. The van der Waals surface area contributed by atoms with Crippen LogP contribution >= 0.6 is 0 Å². The van der Waals surface area contributed by atoms with Crippen molar-refractivity contribution < 1.29 is 4.52 Å². The molecule has 1 fully saturated rings. The summed E-state index contributed by atoms with van der Waals surface area (Å²) < 4.78 is 4.98. The van der Waals surface area contributed by atoms with E-state index < -0.39 is 0 Å². The van der Waals surface area contributed by atoms with Crippen LogP contribution in [-0.2, 0) is 5.54 Å². The van der Waals surface area contributed by atoms with Crippen molar-refractivity contribution in [1.29, 1.82) is 0 Å². The second-order valence-corrected chi connectivity index (χ2v) is 4.21. The van der Waals surface area contributed by atoms with Gasteiger partial charge < -0.3 is 10.3 Å². The molecule has 0 atom stereocenters. The summed E-state index contributed by atoms with van der Waals surface area (Å²) in [5.74, 6) is 1.30. The van der Waals surface area contributed by atoms with Crippen molar-refractivity contribution in [3.8, 4) is 0 Å². The van der Waals surface area contributed by atoms with Gasteiger partial charge in [-0.25, -0.2) is 0 Å². The minimum atomic E-state index is -0.339. The topological polar surface area (TPSA) is 64.9 Å². The molecule has 0 saturated heterocycles. The fourth-order valence-electron chi connectivity index (χ4n) is 2.08. The molecule has 0 bridgehead atoms. The summed E-state index contributed by atoms with van der Waals surface area (Å²) in [7, 11) is 0. The molecular weight excluding hydrogens is 178 g/mol. The van der Waals surface area contributed by atoms with Crippen molar-refractivity contribution in [2.75, 3.05) is 0 Å². The Labute approximate surface area is 83.9 Å². The van der Waals surface area contributed by atoms with Gasteiger partial charge in [-0.15, -0.1) is 0 Å². The molecule has 0 unspecified atom stereocenters. The van der Waals surface area contributed by atoms with Crippen molar-refractivity contribution >= 4 is 0 Å². The van der Waals surface area contributed by atoms with Crippen LogP contribution in [0.2, 0.25) is 0 Å². The molecule has 0 spiro atoms. The molecule has 4 nitrogen and oxygen atoms in total.